The molecule has 146 valence electrons. The second kappa shape index (κ2) is 8.85. The Morgan fingerprint density at radius 2 is 1.96 bits per heavy atom. The molecule has 2 rings (SSSR count). The van der Waals surface area contributed by atoms with Crippen molar-refractivity contribution in [2.45, 2.75) is 39.7 Å². The number of carboxylic acid groups (broad SMARTS) is 1. The molecule has 0 saturated carbocycles. The van der Waals surface area contributed by atoms with Gasteiger partial charge in [0.2, 0.25) is 0 Å². The summed E-state index contributed by atoms with van der Waals surface area (Å²) in [5.41, 5.74) is 1.36. The number of hydrogen-bond donors (Lipinski definition) is 2. The van der Waals surface area contributed by atoms with Gasteiger partial charge in [0.1, 0.15) is 5.01 Å². The number of nitrogens with one attached hydrogen (secondary N) is 1. The summed E-state index contributed by atoms with van der Waals surface area (Å²) in [5.74, 6) is -0.744. The Morgan fingerprint density at radius 1 is 1.22 bits per heavy atom. The zero-order valence-electron chi connectivity index (χ0n) is 15.9. The largest absolute Gasteiger partial charge is 0.490 e. The molecule has 0 radical (unpaired) electrons. The van der Waals surface area contributed by atoms with E-state index in [1.807, 2.05) is 5.38 Å². The predicted octanol–water partition coefficient (Wildman–Crippen LogP) is 3.23. The number of ether oxygens (including phenoxy) is 2. The van der Waals surface area contributed by atoms with Crippen LogP contribution in [-0.2, 0) is 16.8 Å². The lowest BCUT2D eigenvalue weighted by Crippen LogP contribution is -2.23. The molecule has 1 aromatic carbocycles. The van der Waals surface area contributed by atoms with Gasteiger partial charge in [0.25, 0.3) is 5.91 Å². The number of carbonyl (C=O) groups is 2. The van der Waals surface area contributed by atoms with Gasteiger partial charge in [0.15, 0.2) is 18.1 Å². The highest BCUT2D eigenvalue weighted by atomic mass is 32.1. The van der Waals surface area contributed by atoms with E-state index < -0.39 is 12.6 Å². The molecule has 2 aromatic rings. The van der Waals surface area contributed by atoms with Crippen LogP contribution < -0.4 is 14.8 Å². The molecule has 0 atom stereocenters. The number of carbonyl (C=O) groups excluding carboxylic acids is 1. The zero-order valence-corrected chi connectivity index (χ0v) is 16.7. The van der Waals surface area contributed by atoms with Gasteiger partial charge in [-0.15, -0.1) is 11.3 Å². The molecule has 27 heavy (non-hydrogen) atoms. The lowest BCUT2D eigenvalue weighted by atomic mass is 9.93. The van der Waals surface area contributed by atoms with E-state index in [0.717, 1.165) is 10.7 Å². The highest BCUT2D eigenvalue weighted by molar-refractivity contribution is 7.09. The molecule has 0 aliphatic rings. The molecular weight excluding hydrogens is 368 g/mol. The van der Waals surface area contributed by atoms with Crippen LogP contribution in [-0.4, -0.2) is 35.2 Å². The van der Waals surface area contributed by atoms with Crippen LogP contribution in [0.3, 0.4) is 0 Å². The SMILES string of the molecule is CCOc1cc(C(=O)NCc2nc(C(C)(C)C)cs2)ccc1OCC(=O)O. The second-order valence-corrected chi connectivity index (χ2v) is 7.78. The maximum Gasteiger partial charge on any atom is 0.341 e. The van der Waals surface area contributed by atoms with E-state index in [0.29, 0.717) is 24.5 Å². The number of aromatic nitrogens is 1. The monoisotopic (exact) mass is 392 g/mol. The van der Waals surface area contributed by atoms with Gasteiger partial charge in [-0.1, -0.05) is 20.8 Å². The summed E-state index contributed by atoms with van der Waals surface area (Å²) < 4.78 is 10.6. The highest BCUT2D eigenvalue weighted by Crippen LogP contribution is 2.29. The molecular formula is C19H24N2O5S. The van der Waals surface area contributed by atoms with E-state index in [2.05, 4.69) is 31.1 Å². The fraction of sp³-hybridized carbons (Fsp3) is 0.421. The van der Waals surface area contributed by atoms with E-state index >= 15 is 0 Å². The van der Waals surface area contributed by atoms with Crippen molar-refractivity contribution >= 4 is 23.2 Å². The van der Waals surface area contributed by atoms with Gasteiger partial charge in [0, 0.05) is 16.4 Å². The quantitative estimate of drug-likeness (QED) is 0.716. The van der Waals surface area contributed by atoms with Gasteiger partial charge in [-0.25, -0.2) is 9.78 Å². The van der Waals surface area contributed by atoms with E-state index in [1.165, 1.54) is 17.4 Å². The van der Waals surface area contributed by atoms with Crippen molar-refractivity contribution < 1.29 is 24.2 Å². The summed E-state index contributed by atoms with van der Waals surface area (Å²) in [5, 5.41) is 14.4. The molecule has 0 bridgehead atoms. The van der Waals surface area contributed by atoms with E-state index in [4.69, 9.17) is 14.6 Å². The average molecular weight is 392 g/mol. The number of rotatable bonds is 8. The summed E-state index contributed by atoms with van der Waals surface area (Å²) in [6.07, 6.45) is 0. The first kappa shape index (κ1) is 20.7. The van der Waals surface area contributed by atoms with Crippen molar-refractivity contribution in [1.82, 2.24) is 10.3 Å². The standard InChI is InChI=1S/C19H24N2O5S/c1-5-25-14-8-12(6-7-13(14)26-10-17(22)23)18(24)20-9-16-21-15(11-27-16)19(2,3)4/h6-8,11H,5,9-10H2,1-4H3,(H,20,24)(H,22,23). The molecule has 1 aromatic heterocycles. The van der Waals surface area contributed by atoms with Crippen molar-refractivity contribution in [2.24, 2.45) is 0 Å². The van der Waals surface area contributed by atoms with Gasteiger partial charge in [-0.2, -0.15) is 0 Å². The van der Waals surface area contributed by atoms with Crippen molar-refractivity contribution in [1.29, 1.82) is 0 Å². The average Bonchev–Trinajstić information content (AvgIpc) is 3.08. The minimum Gasteiger partial charge on any atom is -0.490 e. The summed E-state index contributed by atoms with van der Waals surface area (Å²) in [6, 6.07) is 4.64. The predicted molar refractivity (Wildman–Crippen MR) is 103 cm³/mol. The third-order valence-corrected chi connectivity index (χ3v) is 4.43. The third-order valence-electron chi connectivity index (χ3n) is 3.58. The zero-order chi connectivity index (χ0) is 20.0. The molecule has 0 fully saturated rings. The van der Waals surface area contributed by atoms with Gasteiger partial charge < -0.3 is 19.9 Å². The first-order chi connectivity index (χ1) is 12.7. The molecule has 0 spiro atoms. The summed E-state index contributed by atoms with van der Waals surface area (Å²) in [4.78, 5) is 27.6. The van der Waals surface area contributed by atoms with Crippen LogP contribution in [0, 0.1) is 0 Å². The van der Waals surface area contributed by atoms with Crippen LogP contribution in [0.2, 0.25) is 0 Å². The number of amides is 1. The maximum absolute atomic E-state index is 12.4. The van der Waals surface area contributed by atoms with Gasteiger partial charge in [-0.3, -0.25) is 4.79 Å². The number of hydrogen-bond acceptors (Lipinski definition) is 6. The molecule has 0 aliphatic carbocycles. The molecule has 7 nitrogen and oxygen atoms in total. The Hall–Kier alpha value is -2.61. The number of nitrogens with zero attached hydrogens (tertiary/aromatic N) is 1. The molecule has 1 amide bonds. The molecule has 0 saturated heterocycles. The van der Waals surface area contributed by atoms with Crippen molar-refractivity contribution in [2.75, 3.05) is 13.2 Å². The molecule has 0 unspecified atom stereocenters. The number of carboxylic acids is 1. The van der Waals surface area contributed by atoms with Crippen molar-refractivity contribution in [3.8, 4) is 11.5 Å². The minimum absolute atomic E-state index is 0.0308. The van der Waals surface area contributed by atoms with Crippen LogP contribution in [0.4, 0.5) is 0 Å². The Balaban J connectivity index is 2.05. The fourth-order valence-electron chi connectivity index (χ4n) is 2.17. The van der Waals surface area contributed by atoms with Crippen molar-refractivity contribution in [3.63, 3.8) is 0 Å². The Morgan fingerprint density at radius 3 is 2.56 bits per heavy atom. The lowest BCUT2D eigenvalue weighted by Gasteiger charge is -2.14. The third kappa shape index (κ3) is 5.96. The molecule has 1 heterocycles. The first-order valence-corrected chi connectivity index (χ1v) is 9.43. The van der Waals surface area contributed by atoms with E-state index in [-0.39, 0.29) is 17.1 Å². The Bertz CT molecular complexity index is 811. The number of benzene rings is 1. The van der Waals surface area contributed by atoms with Crippen LogP contribution in [0.5, 0.6) is 11.5 Å². The molecule has 2 N–H and O–H groups in total. The van der Waals surface area contributed by atoms with Crippen LogP contribution in [0.15, 0.2) is 23.6 Å². The number of aliphatic carboxylic acids is 1. The summed E-state index contributed by atoms with van der Waals surface area (Å²) >= 11 is 1.51. The minimum atomic E-state index is -1.09. The van der Waals surface area contributed by atoms with E-state index in [1.54, 1.807) is 19.1 Å². The van der Waals surface area contributed by atoms with Crippen LogP contribution >= 0.6 is 11.3 Å². The Labute approximate surface area is 162 Å². The van der Waals surface area contributed by atoms with Gasteiger partial charge >= 0.3 is 5.97 Å². The van der Waals surface area contributed by atoms with Crippen LogP contribution in [0.1, 0.15) is 48.8 Å². The maximum atomic E-state index is 12.4. The van der Waals surface area contributed by atoms with Crippen molar-refractivity contribution in [3.05, 3.63) is 39.8 Å². The Kier molecular flexibility index (Phi) is 6.79. The number of thiazole rings is 1. The summed E-state index contributed by atoms with van der Waals surface area (Å²) in [7, 11) is 0. The van der Waals surface area contributed by atoms with Gasteiger partial charge in [-0.05, 0) is 25.1 Å². The summed E-state index contributed by atoms with van der Waals surface area (Å²) in [6.45, 7) is 8.29. The first-order valence-electron chi connectivity index (χ1n) is 8.55. The topological polar surface area (TPSA) is 97.8 Å². The van der Waals surface area contributed by atoms with Gasteiger partial charge in [0.05, 0.1) is 18.8 Å². The molecule has 8 heteroatoms. The lowest BCUT2D eigenvalue weighted by molar-refractivity contribution is -0.139. The fourth-order valence-corrected chi connectivity index (χ4v) is 3.13. The highest BCUT2D eigenvalue weighted by Gasteiger charge is 2.18. The second-order valence-electron chi connectivity index (χ2n) is 6.84. The van der Waals surface area contributed by atoms with E-state index in [9.17, 15) is 9.59 Å². The smallest absolute Gasteiger partial charge is 0.341 e. The van der Waals surface area contributed by atoms with Crippen LogP contribution in [0.25, 0.3) is 0 Å². The molecule has 0 aliphatic heterocycles. The normalized spacial score (nSPS) is 11.1.